The molecular formula is C30H28ClNO8. The maximum absolute atomic E-state index is 13.4. The standard InChI is InChI=1S/C30H28ClNO8/c31-15-24(33)40-26-23(18-37-16-19-9-3-1-4-10-19)39-30(36)25(27(26)38-17-20-11-5-2-6-12-20)32-28(34)21-13-7-8-14-22(21)29(32)35/h1-14,23,25-27,30,36H,15-18H2/t23-,25-,26-,27-,30?/m1/s1. The molecule has 0 spiro atoms. The first kappa shape index (κ1) is 27.9. The lowest BCUT2D eigenvalue weighted by atomic mass is 9.94. The molecule has 2 heterocycles. The highest BCUT2D eigenvalue weighted by molar-refractivity contribution is 6.26. The van der Waals surface area contributed by atoms with Gasteiger partial charge in [-0.15, -0.1) is 11.6 Å². The third kappa shape index (κ3) is 5.94. The van der Waals surface area contributed by atoms with Crippen molar-refractivity contribution < 1.29 is 38.4 Å². The lowest BCUT2D eigenvalue weighted by Crippen LogP contribution is -2.66. The average molecular weight is 566 g/mol. The van der Waals surface area contributed by atoms with Crippen LogP contribution in [0.4, 0.5) is 0 Å². The molecule has 10 heteroatoms. The summed E-state index contributed by atoms with van der Waals surface area (Å²) in [6.07, 6.45) is -4.97. The molecule has 5 atom stereocenters. The second-order valence-corrected chi connectivity index (χ2v) is 9.70. The van der Waals surface area contributed by atoms with E-state index in [-0.39, 0.29) is 30.9 Å². The predicted octanol–water partition coefficient (Wildman–Crippen LogP) is 3.32. The van der Waals surface area contributed by atoms with Gasteiger partial charge in [0.2, 0.25) is 0 Å². The van der Waals surface area contributed by atoms with Gasteiger partial charge in [-0.3, -0.25) is 19.3 Å². The molecule has 1 fully saturated rings. The zero-order valence-corrected chi connectivity index (χ0v) is 22.2. The summed E-state index contributed by atoms with van der Waals surface area (Å²) in [5.74, 6) is -2.42. The van der Waals surface area contributed by atoms with Crippen LogP contribution in [-0.2, 0) is 37.0 Å². The molecule has 0 aliphatic carbocycles. The molecule has 40 heavy (non-hydrogen) atoms. The van der Waals surface area contributed by atoms with Crippen molar-refractivity contribution in [2.24, 2.45) is 0 Å². The molecule has 208 valence electrons. The Kier molecular flexibility index (Phi) is 8.88. The zero-order chi connectivity index (χ0) is 28.1. The third-order valence-electron chi connectivity index (χ3n) is 6.81. The number of nitrogens with zero attached hydrogens (tertiary/aromatic N) is 1. The molecule has 3 aromatic carbocycles. The van der Waals surface area contributed by atoms with Crippen LogP contribution in [0.1, 0.15) is 31.8 Å². The Labute approximate surface area is 236 Å². The van der Waals surface area contributed by atoms with E-state index in [1.54, 1.807) is 12.1 Å². The molecule has 2 aliphatic heterocycles. The van der Waals surface area contributed by atoms with Crippen molar-refractivity contribution in [2.45, 2.75) is 43.9 Å². The van der Waals surface area contributed by atoms with E-state index in [0.717, 1.165) is 16.0 Å². The molecule has 2 aliphatic rings. The van der Waals surface area contributed by atoms with Crippen LogP contribution in [0.3, 0.4) is 0 Å². The highest BCUT2D eigenvalue weighted by atomic mass is 35.5. The van der Waals surface area contributed by atoms with E-state index < -0.39 is 54.3 Å². The number of benzene rings is 3. The number of aliphatic hydroxyl groups is 1. The van der Waals surface area contributed by atoms with Crippen molar-refractivity contribution in [1.82, 2.24) is 4.90 Å². The van der Waals surface area contributed by atoms with Crippen molar-refractivity contribution in [2.75, 3.05) is 12.5 Å². The first-order valence-corrected chi connectivity index (χ1v) is 13.3. The van der Waals surface area contributed by atoms with Gasteiger partial charge in [0, 0.05) is 0 Å². The molecule has 3 aromatic rings. The number of hydrogen-bond donors (Lipinski definition) is 1. The van der Waals surface area contributed by atoms with Crippen LogP contribution < -0.4 is 0 Å². The summed E-state index contributed by atoms with van der Waals surface area (Å²) in [4.78, 5) is 40.2. The lowest BCUT2D eigenvalue weighted by molar-refractivity contribution is -0.279. The average Bonchev–Trinajstić information content (AvgIpc) is 3.23. The Morgan fingerprint density at radius 3 is 1.95 bits per heavy atom. The van der Waals surface area contributed by atoms with Crippen molar-refractivity contribution in [3.05, 3.63) is 107 Å². The number of rotatable bonds is 10. The van der Waals surface area contributed by atoms with Crippen LogP contribution in [0.15, 0.2) is 84.9 Å². The van der Waals surface area contributed by atoms with Crippen LogP contribution in [0.5, 0.6) is 0 Å². The first-order chi connectivity index (χ1) is 19.5. The molecule has 5 rings (SSSR count). The minimum Gasteiger partial charge on any atom is -0.456 e. The number of alkyl halides is 1. The third-order valence-corrected chi connectivity index (χ3v) is 7.03. The summed E-state index contributed by atoms with van der Waals surface area (Å²) in [6, 6.07) is 23.7. The van der Waals surface area contributed by atoms with Crippen molar-refractivity contribution in [1.29, 1.82) is 0 Å². The number of aliphatic hydroxyl groups excluding tert-OH is 1. The van der Waals surface area contributed by atoms with E-state index in [2.05, 4.69) is 0 Å². The Hall–Kier alpha value is -3.60. The van der Waals surface area contributed by atoms with Crippen LogP contribution in [0, 0.1) is 0 Å². The van der Waals surface area contributed by atoms with E-state index >= 15 is 0 Å². The van der Waals surface area contributed by atoms with Gasteiger partial charge in [0.1, 0.15) is 24.1 Å². The molecule has 0 saturated carbocycles. The number of fused-ring (bicyclic) bond motifs is 1. The monoisotopic (exact) mass is 565 g/mol. The number of esters is 1. The van der Waals surface area contributed by atoms with Gasteiger partial charge < -0.3 is 24.1 Å². The quantitative estimate of drug-likeness (QED) is 0.226. The number of carbonyl (C=O) groups excluding carboxylic acids is 3. The van der Waals surface area contributed by atoms with Crippen molar-refractivity contribution >= 4 is 29.4 Å². The van der Waals surface area contributed by atoms with Gasteiger partial charge in [-0.1, -0.05) is 72.8 Å². The zero-order valence-electron chi connectivity index (χ0n) is 21.4. The minimum atomic E-state index is -1.65. The van der Waals surface area contributed by atoms with Crippen LogP contribution >= 0.6 is 11.6 Å². The maximum atomic E-state index is 13.4. The van der Waals surface area contributed by atoms with Crippen LogP contribution in [-0.4, -0.2) is 70.9 Å². The molecule has 0 radical (unpaired) electrons. The number of amides is 2. The summed E-state index contributed by atoms with van der Waals surface area (Å²) in [7, 11) is 0. The van der Waals surface area contributed by atoms with Gasteiger partial charge in [0.25, 0.3) is 11.8 Å². The number of imide groups is 1. The Morgan fingerprint density at radius 1 is 0.825 bits per heavy atom. The fourth-order valence-electron chi connectivity index (χ4n) is 4.95. The van der Waals surface area contributed by atoms with Crippen LogP contribution in [0.25, 0.3) is 0 Å². The second kappa shape index (κ2) is 12.7. The van der Waals surface area contributed by atoms with Crippen molar-refractivity contribution in [3.63, 3.8) is 0 Å². The molecule has 0 bridgehead atoms. The molecule has 1 unspecified atom stereocenters. The Balaban J connectivity index is 1.45. The summed E-state index contributed by atoms with van der Waals surface area (Å²) in [5, 5.41) is 11.2. The van der Waals surface area contributed by atoms with Crippen LogP contribution in [0.2, 0.25) is 0 Å². The number of hydrogen-bond acceptors (Lipinski definition) is 8. The normalized spacial score (nSPS) is 24.1. The predicted molar refractivity (Wildman–Crippen MR) is 143 cm³/mol. The molecule has 1 N–H and O–H groups in total. The summed E-state index contributed by atoms with van der Waals surface area (Å²) >= 11 is 5.77. The van der Waals surface area contributed by atoms with Gasteiger partial charge in [0.15, 0.2) is 12.4 Å². The largest absolute Gasteiger partial charge is 0.456 e. The highest BCUT2D eigenvalue weighted by Gasteiger charge is 2.55. The van der Waals surface area contributed by atoms with Gasteiger partial charge in [-0.25, -0.2) is 0 Å². The van der Waals surface area contributed by atoms with Gasteiger partial charge in [0.05, 0.1) is 30.9 Å². The number of ether oxygens (including phenoxy) is 4. The van der Waals surface area contributed by atoms with Gasteiger partial charge in [-0.05, 0) is 23.3 Å². The molecule has 2 amide bonds. The maximum Gasteiger partial charge on any atom is 0.321 e. The van der Waals surface area contributed by atoms with Gasteiger partial charge in [-0.2, -0.15) is 0 Å². The summed E-state index contributed by atoms with van der Waals surface area (Å²) in [5.41, 5.74) is 2.10. The Bertz CT molecular complexity index is 1300. The molecule has 9 nitrogen and oxygen atoms in total. The van der Waals surface area contributed by atoms with Gasteiger partial charge >= 0.3 is 5.97 Å². The van der Waals surface area contributed by atoms with E-state index in [0.29, 0.717) is 0 Å². The van der Waals surface area contributed by atoms with E-state index in [1.165, 1.54) is 12.1 Å². The van der Waals surface area contributed by atoms with E-state index in [9.17, 15) is 19.5 Å². The molecular weight excluding hydrogens is 538 g/mol. The summed E-state index contributed by atoms with van der Waals surface area (Å²) in [6.45, 7) is 0.209. The fraction of sp³-hybridized carbons (Fsp3) is 0.300. The minimum absolute atomic E-state index is 0.0460. The smallest absolute Gasteiger partial charge is 0.321 e. The first-order valence-electron chi connectivity index (χ1n) is 12.8. The molecule has 0 aromatic heterocycles. The topological polar surface area (TPSA) is 112 Å². The van der Waals surface area contributed by atoms with Crippen molar-refractivity contribution in [3.8, 4) is 0 Å². The second-order valence-electron chi connectivity index (χ2n) is 9.43. The highest BCUT2D eigenvalue weighted by Crippen LogP contribution is 2.34. The Morgan fingerprint density at radius 2 is 1.38 bits per heavy atom. The van der Waals surface area contributed by atoms with E-state index in [1.807, 2.05) is 60.7 Å². The van der Waals surface area contributed by atoms with E-state index in [4.69, 9.17) is 30.5 Å². The summed E-state index contributed by atoms with van der Waals surface area (Å²) < 4.78 is 23.7. The molecule has 1 saturated heterocycles. The number of halogens is 1. The fourth-order valence-corrected chi connectivity index (χ4v) is 5.01. The number of carbonyl (C=O) groups is 3. The lowest BCUT2D eigenvalue weighted by Gasteiger charge is -2.46. The SMILES string of the molecule is O=C(CCl)O[C@H]1[C@H](OCc2ccccc2)[C@@H](N2C(=O)c3ccccc3C2=O)C(O)O[C@@H]1COCc1ccccc1.